The molecule has 0 radical (unpaired) electrons. The minimum absolute atomic E-state index is 0. The van der Waals surface area contributed by atoms with E-state index in [0.717, 1.165) is 25.3 Å². The van der Waals surface area contributed by atoms with Gasteiger partial charge in [-0.1, -0.05) is 24.6 Å². The van der Waals surface area contributed by atoms with Gasteiger partial charge in [-0.15, -0.1) is 24.0 Å². The number of piperidine rings is 1. The quantitative estimate of drug-likeness (QED) is 0.338. The van der Waals surface area contributed by atoms with Crippen LogP contribution in [-0.4, -0.2) is 55.5 Å². The maximum Gasteiger partial charge on any atom is 0.243 e. The van der Waals surface area contributed by atoms with E-state index in [4.69, 9.17) is 0 Å². The average molecular weight is 473 g/mol. The molecular weight excluding hydrogens is 441 g/mol. The van der Waals surface area contributed by atoms with Crippen molar-refractivity contribution in [3.05, 3.63) is 30.3 Å². The van der Waals surface area contributed by atoms with Gasteiger partial charge in [-0.2, -0.15) is 0 Å². The van der Waals surface area contributed by atoms with Gasteiger partial charge < -0.3 is 16.0 Å². The highest BCUT2D eigenvalue weighted by Gasteiger charge is 2.27. The van der Waals surface area contributed by atoms with Crippen molar-refractivity contribution in [1.29, 1.82) is 0 Å². The van der Waals surface area contributed by atoms with Crippen LogP contribution in [0.25, 0.3) is 0 Å². The lowest BCUT2D eigenvalue weighted by Gasteiger charge is -2.41. The molecule has 7 heteroatoms. The summed E-state index contributed by atoms with van der Waals surface area (Å²) < 4.78 is 0. The van der Waals surface area contributed by atoms with E-state index in [1.54, 1.807) is 7.05 Å². The second-order valence-electron chi connectivity index (χ2n) is 7.05. The number of halogens is 1. The van der Waals surface area contributed by atoms with Gasteiger partial charge in [0.05, 0.1) is 6.54 Å². The molecule has 1 heterocycles. The Bertz CT molecular complexity index is 571. The van der Waals surface area contributed by atoms with Gasteiger partial charge in [0.15, 0.2) is 5.96 Å². The maximum absolute atomic E-state index is 12.0. The van der Waals surface area contributed by atoms with Crippen LogP contribution in [0, 0.1) is 0 Å². The lowest BCUT2D eigenvalue weighted by Crippen LogP contribution is -2.55. The number of carbonyl (C=O) groups excluding carboxylic acids is 1. The van der Waals surface area contributed by atoms with E-state index in [-0.39, 0.29) is 42.0 Å². The molecule has 1 aromatic rings. The van der Waals surface area contributed by atoms with Crippen molar-refractivity contribution in [2.75, 3.05) is 38.5 Å². The number of guanidine groups is 1. The standard InChI is InChI=1S/C19H31N5O.HI/c1-19(2,24-12-8-5-9-13-24)15-22-18(20-3)21-14-17(25)23-16-10-6-4-7-11-16;/h4,6-7,10-11H,5,8-9,12-15H2,1-3H3,(H,23,25)(H2,20,21,22);1H. The van der Waals surface area contributed by atoms with Crippen LogP contribution in [0.15, 0.2) is 35.3 Å². The van der Waals surface area contributed by atoms with Crippen molar-refractivity contribution >= 4 is 41.5 Å². The molecule has 1 aliphatic heterocycles. The highest BCUT2D eigenvalue weighted by molar-refractivity contribution is 14.0. The number of likely N-dealkylation sites (tertiary alicyclic amines) is 1. The fourth-order valence-corrected chi connectivity index (χ4v) is 3.02. The van der Waals surface area contributed by atoms with Crippen molar-refractivity contribution in [2.45, 2.75) is 38.6 Å². The number of nitrogens with zero attached hydrogens (tertiary/aromatic N) is 2. The lowest BCUT2D eigenvalue weighted by atomic mass is 9.98. The van der Waals surface area contributed by atoms with Crippen LogP contribution in [-0.2, 0) is 4.79 Å². The highest BCUT2D eigenvalue weighted by Crippen LogP contribution is 2.19. The van der Waals surface area contributed by atoms with Crippen LogP contribution in [0.3, 0.4) is 0 Å². The van der Waals surface area contributed by atoms with E-state index in [1.807, 2.05) is 30.3 Å². The smallest absolute Gasteiger partial charge is 0.243 e. The third-order valence-electron chi connectivity index (χ3n) is 4.60. The molecule has 2 rings (SSSR count). The van der Waals surface area contributed by atoms with E-state index >= 15 is 0 Å². The van der Waals surface area contributed by atoms with E-state index in [1.165, 1.54) is 19.3 Å². The van der Waals surface area contributed by atoms with Crippen molar-refractivity contribution in [3.63, 3.8) is 0 Å². The Morgan fingerprint density at radius 2 is 1.77 bits per heavy atom. The summed E-state index contributed by atoms with van der Waals surface area (Å²) in [5, 5.41) is 9.27. The molecule has 1 aromatic carbocycles. The summed E-state index contributed by atoms with van der Waals surface area (Å²) in [6.45, 7) is 7.77. The number of hydrogen-bond donors (Lipinski definition) is 3. The van der Waals surface area contributed by atoms with Crippen LogP contribution in [0.5, 0.6) is 0 Å². The van der Waals surface area contributed by atoms with Crippen LogP contribution in [0.1, 0.15) is 33.1 Å². The summed E-state index contributed by atoms with van der Waals surface area (Å²) in [4.78, 5) is 18.8. The molecule has 1 amide bonds. The predicted octanol–water partition coefficient (Wildman–Crippen LogP) is 2.67. The molecule has 0 aromatic heterocycles. The summed E-state index contributed by atoms with van der Waals surface area (Å²) in [5.41, 5.74) is 0.855. The largest absolute Gasteiger partial charge is 0.355 e. The van der Waals surface area contributed by atoms with E-state index < -0.39 is 0 Å². The molecule has 0 bridgehead atoms. The van der Waals surface area contributed by atoms with Gasteiger partial charge in [0.25, 0.3) is 0 Å². The predicted molar refractivity (Wildman–Crippen MR) is 119 cm³/mol. The maximum atomic E-state index is 12.0. The molecule has 1 saturated heterocycles. The average Bonchev–Trinajstić information content (AvgIpc) is 2.63. The van der Waals surface area contributed by atoms with Crippen LogP contribution >= 0.6 is 24.0 Å². The molecule has 6 nitrogen and oxygen atoms in total. The third kappa shape index (κ3) is 7.49. The molecule has 1 aliphatic rings. The van der Waals surface area contributed by atoms with Gasteiger partial charge >= 0.3 is 0 Å². The van der Waals surface area contributed by atoms with E-state index in [9.17, 15) is 4.79 Å². The SMILES string of the molecule is CN=C(NCC(=O)Nc1ccccc1)NCC(C)(C)N1CCCCC1.I. The number of benzene rings is 1. The number of nitrogens with one attached hydrogen (secondary N) is 3. The van der Waals surface area contributed by atoms with Crippen LogP contribution < -0.4 is 16.0 Å². The Labute approximate surface area is 174 Å². The highest BCUT2D eigenvalue weighted by atomic mass is 127. The second-order valence-corrected chi connectivity index (χ2v) is 7.05. The van der Waals surface area contributed by atoms with Crippen molar-refractivity contribution < 1.29 is 4.79 Å². The van der Waals surface area contributed by atoms with Crippen molar-refractivity contribution in [1.82, 2.24) is 15.5 Å². The summed E-state index contributed by atoms with van der Waals surface area (Å²) >= 11 is 0. The van der Waals surface area contributed by atoms with Crippen molar-refractivity contribution in [2.24, 2.45) is 4.99 Å². The number of para-hydroxylation sites is 1. The molecule has 146 valence electrons. The summed E-state index contributed by atoms with van der Waals surface area (Å²) in [7, 11) is 1.72. The molecule has 1 fully saturated rings. The molecule has 0 unspecified atom stereocenters. The number of amides is 1. The molecule has 0 spiro atoms. The normalized spacial score (nSPS) is 15.7. The Balaban J connectivity index is 0.00000338. The minimum Gasteiger partial charge on any atom is -0.355 e. The zero-order chi connectivity index (χ0) is 18.1. The number of aliphatic imine (C=N–C) groups is 1. The number of hydrogen-bond acceptors (Lipinski definition) is 3. The first kappa shape index (κ1) is 22.7. The third-order valence-corrected chi connectivity index (χ3v) is 4.60. The fraction of sp³-hybridized carbons (Fsp3) is 0.579. The van der Waals surface area contributed by atoms with E-state index in [2.05, 4.69) is 39.7 Å². The Hall–Kier alpha value is -1.35. The van der Waals surface area contributed by atoms with Gasteiger partial charge in [-0.05, 0) is 51.9 Å². The summed E-state index contributed by atoms with van der Waals surface area (Å²) in [5.74, 6) is 0.553. The Morgan fingerprint density at radius 3 is 2.38 bits per heavy atom. The lowest BCUT2D eigenvalue weighted by molar-refractivity contribution is -0.115. The zero-order valence-corrected chi connectivity index (χ0v) is 18.4. The molecule has 0 atom stereocenters. The summed E-state index contributed by atoms with van der Waals surface area (Å²) in [6.07, 6.45) is 3.88. The monoisotopic (exact) mass is 473 g/mol. The van der Waals surface area contributed by atoms with Gasteiger partial charge in [0.2, 0.25) is 5.91 Å². The fourth-order valence-electron chi connectivity index (χ4n) is 3.02. The van der Waals surface area contributed by atoms with Crippen LogP contribution in [0.4, 0.5) is 5.69 Å². The van der Waals surface area contributed by atoms with Crippen molar-refractivity contribution in [3.8, 4) is 0 Å². The summed E-state index contributed by atoms with van der Waals surface area (Å²) in [6, 6.07) is 9.44. The zero-order valence-electron chi connectivity index (χ0n) is 16.0. The van der Waals surface area contributed by atoms with E-state index in [0.29, 0.717) is 5.96 Å². The molecular formula is C19H32IN5O. The Kier molecular flexibility index (Phi) is 9.93. The number of rotatable bonds is 6. The van der Waals surface area contributed by atoms with Gasteiger partial charge in [0.1, 0.15) is 0 Å². The number of anilines is 1. The Morgan fingerprint density at radius 1 is 1.12 bits per heavy atom. The molecule has 3 N–H and O–H groups in total. The van der Waals surface area contributed by atoms with Gasteiger partial charge in [-0.25, -0.2) is 0 Å². The minimum atomic E-state index is -0.0931. The first-order chi connectivity index (χ1) is 12.0. The van der Waals surface area contributed by atoms with Gasteiger partial charge in [-0.3, -0.25) is 14.7 Å². The number of carbonyl (C=O) groups is 1. The second kappa shape index (κ2) is 11.4. The molecule has 0 aliphatic carbocycles. The first-order valence-electron chi connectivity index (χ1n) is 9.06. The first-order valence-corrected chi connectivity index (χ1v) is 9.06. The van der Waals surface area contributed by atoms with Gasteiger partial charge in [0, 0.05) is 24.8 Å². The topological polar surface area (TPSA) is 68.8 Å². The van der Waals surface area contributed by atoms with Crippen LogP contribution in [0.2, 0.25) is 0 Å². The molecule has 0 saturated carbocycles. The molecule has 26 heavy (non-hydrogen) atoms.